The second kappa shape index (κ2) is 2.62. The largest absolute Gasteiger partial charge is 0.371 e. The fourth-order valence-corrected chi connectivity index (χ4v) is 0.298. The topological polar surface area (TPSA) is 86.7 Å². The van der Waals surface area contributed by atoms with Gasteiger partial charge in [-0.05, 0) is 0 Å². The third-order valence-electron chi connectivity index (χ3n) is 1.34. The first-order valence-corrected chi connectivity index (χ1v) is 2.76. The van der Waals surface area contributed by atoms with Gasteiger partial charge in [0.1, 0.15) is 0 Å². The molecule has 0 saturated heterocycles. The van der Waals surface area contributed by atoms with Crippen molar-refractivity contribution in [3.05, 3.63) is 0 Å². The lowest BCUT2D eigenvalue weighted by atomic mass is 10.0. The van der Waals surface area contributed by atoms with Crippen LogP contribution < -0.4 is 5.73 Å². The average molecular weight is 135 g/mol. The molecular formula is C5H13NO3. The van der Waals surface area contributed by atoms with Crippen molar-refractivity contribution in [1.82, 2.24) is 0 Å². The Balaban J connectivity index is 4.01. The van der Waals surface area contributed by atoms with E-state index in [0.717, 1.165) is 0 Å². The summed E-state index contributed by atoms with van der Waals surface area (Å²) in [6.07, 6.45) is -1.88. The van der Waals surface area contributed by atoms with E-state index in [9.17, 15) is 0 Å². The molecule has 5 N–H and O–H groups in total. The second-order valence-corrected chi connectivity index (χ2v) is 2.42. The maximum absolute atomic E-state index is 8.95. The van der Waals surface area contributed by atoms with Crippen LogP contribution >= 0.6 is 0 Å². The van der Waals surface area contributed by atoms with E-state index in [-0.39, 0.29) is 5.92 Å². The predicted molar refractivity (Wildman–Crippen MR) is 32.2 cm³/mol. The van der Waals surface area contributed by atoms with Gasteiger partial charge in [-0.15, -0.1) is 0 Å². The van der Waals surface area contributed by atoms with Crippen LogP contribution in [0.25, 0.3) is 0 Å². The van der Waals surface area contributed by atoms with Crippen LogP contribution in [0.1, 0.15) is 13.8 Å². The second-order valence-electron chi connectivity index (χ2n) is 2.42. The molecule has 4 nitrogen and oxygen atoms in total. The molecule has 0 heterocycles. The summed E-state index contributed by atoms with van der Waals surface area (Å²) in [7, 11) is 0. The summed E-state index contributed by atoms with van der Waals surface area (Å²) in [6, 6.07) is 0. The van der Waals surface area contributed by atoms with Crippen LogP contribution in [0.15, 0.2) is 0 Å². The average Bonchev–Trinajstić information content (AvgIpc) is 1.65. The van der Waals surface area contributed by atoms with E-state index in [1.54, 1.807) is 13.8 Å². The number of nitrogens with two attached hydrogens (primary N) is 1. The predicted octanol–water partition coefficient (Wildman–Crippen LogP) is -1.40. The molecule has 0 aromatic carbocycles. The van der Waals surface area contributed by atoms with Crippen molar-refractivity contribution in [2.45, 2.75) is 25.9 Å². The molecule has 0 aliphatic carbocycles. The minimum Gasteiger partial charge on any atom is -0.371 e. The fourth-order valence-electron chi connectivity index (χ4n) is 0.298. The maximum Gasteiger partial charge on any atom is 0.195 e. The Morgan fingerprint density at radius 3 is 1.67 bits per heavy atom. The maximum atomic E-state index is 8.95. The van der Waals surface area contributed by atoms with Crippen molar-refractivity contribution < 1.29 is 15.3 Å². The Morgan fingerprint density at radius 2 is 1.67 bits per heavy atom. The van der Waals surface area contributed by atoms with Gasteiger partial charge in [-0.1, -0.05) is 13.8 Å². The first-order chi connectivity index (χ1) is 3.89. The highest BCUT2D eigenvalue weighted by atomic mass is 16.5. The van der Waals surface area contributed by atoms with Crippen LogP contribution in [0.4, 0.5) is 0 Å². The van der Waals surface area contributed by atoms with Crippen LogP contribution in [0.3, 0.4) is 0 Å². The Bertz CT molecular complexity index is 80.2. The van der Waals surface area contributed by atoms with Gasteiger partial charge in [0.25, 0.3) is 0 Å². The summed E-state index contributed by atoms with van der Waals surface area (Å²) in [5, 5.41) is 25.8. The zero-order valence-corrected chi connectivity index (χ0v) is 5.57. The van der Waals surface area contributed by atoms with E-state index < -0.39 is 12.0 Å². The van der Waals surface area contributed by atoms with Gasteiger partial charge in [0.05, 0.1) is 0 Å². The van der Waals surface area contributed by atoms with Crippen LogP contribution in [-0.2, 0) is 0 Å². The fraction of sp³-hybridized carbons (Fsp3) is 1.00. The van der Waals surface area contributed by atoms with Crippen LogP contribution in [-0.4, -0.2) is 27.3 Å². The van der Waals surface area contributed by atoms with E-state index in [2.05, 4.69) is 0 Å². The Morgan fingerprint density at radius 1 is 1.33 bits per heavy atom. The SMILES string of the molecule is CC(C)C(N)(O)C(O)O. The first-order valence-electron chi connectivity index (χ1n) is 2.76. The molecule has 1 atom stereocenters. The molecular weight excluding hydrogens is 122 g/mol. The lowest BCUT2D eigenvalue weighted by molar-refractivity contribution is -0.200. The molecule has 0 aliphatic rings. The molecule has 1 unspecified atom stereocenters. The van der Waals surface area contributed by atoms with E-state index in [1.165, 1.54) is 0 Å². The van der Waals surface area contributed by atoms with E-state index in [1.807, 2.05) is 0 Å². The summed E-state index contributed by atoms with van der Waals surface area (Å²) < 4.78 is 0. The van der Waals surface area contributed by atoms with Gasteiger partial charge >= 0.3 is 0 Å². The molecule has 0 aromatic rings. The summed E-state index contributed by atoms with van der Waals surface area (Å²) in [5.74, 6) is -0.377. The highest BCUT2D eigenvalue weighted by molar-refractivity contribution is 4.75. The van der Waals surface area contributed by atoms with Crippen LogP contribution in [0.5, 0.6) is 0 Å². The zero-order chi connectivity index (χ0) is 7.65. The molecule has 0 spiro atoms. The number of rotatable bonds is 2. The molecule has 0 saturated carbocycles. The molecule has 0 radical (unpaired) electrons. The zero-order valence-electron chi connectivity index (χ0n) is 5.57. The van der Waals surface area contributed by atoms with Gasteiger partial charge in [-0.2, -0.15) is 0 Å². The van der Waals surface area contributed by atoms with Crippen LogP contribution in [0, 0.1) is 5.92 Å². The summed E-state index contributed by atoms with van der Waals surface area (Å²) in [5.41, 5.74) is 3.17. The standard InChI is InChI=1S/C5H13NO3/c1-3(2)5(6,9)4(7)8/h3-4,7-9H,6H2,1-2H3. The highest BCUT2D eigenvalue weighted by Gasteiger charge is 2.32. The van der Waals surface area contributed by atoms with Crippen molar-refractivity contribution >= 4 is 0 Å². The summed E-state index contributed by atoms with van der Waals surface area (Å²) in [4.78, 5) is 0. The number of aliphatic hydroxyl groups is 3. The highest BCUT2D eigenvalue weighted by Crippen LogP contribution is 2.12. The Labute approximate surface area is 53.9 Å². The van der Waals surface area contributed by atoms with Gasteiger partial charge in [0.2, 0.25) is 0 Å². The van der Waals surface area contributed by atoms with Crippen LogP contribution in [0.2, 0.25) is 0 Å². The molecule has 0 amide bonds. The third-order valence-corrected chi connectivity index (χ3v) is 1.34. The van der Waals surface area contributed by atoms with Gasteiger partial charge in [0, 0.05) is 5.92 Å². The third kappa shape index (κ3) is 1.91. The van der Waals surface area contributed by atoms with E-state index >= 15 is 0 Å². The van der Waals surface area contributed by atoms with Crippen molar-refractivity contribution in [2.75, 3.05) is 0 Å². The number of hydrogen-bond donors (Lipinski definition) is 4. The Hall–Kier alpha value is -0.160. The minimum atomic E-state index is -1.89. The molecule has 0 aliphatic heterocycles. The van der Waals surface area contributed by atoms with Crippen molar-refractivity contribution in [3.63, 3.8) is 0 Å². The number of aliphatic hydroxyl groups excluding tert-OH is 1. The van der Waals surface area contributed by atoms with Gasteiger partial charge in [-0.25, -0.2) is 0 Å². The van der Waals surface area contributed by atoms with E-state index in [4.69, 9.17) is 21.1 Å². The molecule has 4 heteroatoms. The normalized spacial score (nSPS) is 18.7. The van der Waals surface area contributed by atoms with Gasteiger partial charge in [0.15, 0.2) is 12.0 Å². The lowest BCUT2D eigenvalue weighted by Crippen LogP contribution is -2.54. The summed E-state index contributed by atoms with van der Waals surface area (Å²) in [6.45, 7) is 3.19. The minimum absolute atomic E-state index is 0.377. The molecule has 0 aromatic heterocycles. The Kier molecular flexibility index (Phi) is 2.57. The number of hydrogen-bond acceptors (Lipinski definition) is 4. The van der Waals surface area contributed by atoms with Crippen molar-refractivity contribution in [1.29, 1.82) is 0 Å². The van der Waals surface area contributed by atoms with Crippen molar-refractivity contribution in [3.8, 4) is 0 Å². The van der Waals surface area contributed by atoms with Gasteiger partial charge < -0.3 is 15.3 Å². The molecule has 0 rings (SSSR count). The molecule has 9 heavy (non-hydrogen) atoms. The van der Waals surface area contributed by atoms with Crippen molar-refractivity contribution in [2.24, 2.45) is 11.7 Å². The quantitative estimate of drug-likeness (QED) is 0.351. The lowest BCUT2D eigenvalue weighted by Gasteiger charge is -2.28. The van der Waals surface area contributed by atoms with E-state index in [0.29, 0.717) is 0 Å². The monoisotopic (exact) mass is 135 g/mol. The smallest absolute Gasteiger partial charge is 0.195 e. The summed E-state index contributed by atoms with van der Waals surface area (Å²) >= 11 is 0. The van der Waals surface area contributed by atoms with Gasteiger partial charge in [-0.3, -0.25) is 5.73 Å². The molecule has 0 fully saturated rings. The molecule has 0 bridgehead atoms. The molecule has 56 valence electrons. The first kappa shape index (κ1) is 8.84.